The van der Waals surface area contributed by atoms with Gasteiger partial charge in [0.05, 0.1) is 13.4 Å². The summed E-state index contributed by atoms with van der Waals surface area (Å²) in [6.45, 7) is 3.99. The van der Waals surface area contributed by atoms with E-state index in [-0.39, 0.29) is 6.04 Å². The Morgan fingerprint density at radius 3 is 2.79 bits per heavy atom. The molecule has 0 aromatic carbocycles. The van der Waals surface area contributed by atoms with Crippen LogP contribution >= 0.6 is 15.9 Å². The number of nitrogens with two attached hydrogens (primary N) is 1. The van der Waals surface area contributed by atoms with Crippen molar-refractivity contribution in [3.8, 4) is 5.75 Å². The molecule has 1 unspecified atom stereocenters. The molecule has 0 saturated carbocycles. The van der Waals surface area contributed by atoms with E-state index >= 15 is 0 Å². The van der Waals surface area contributed by atoms with Gasteiger partial charge < -0.3 is 14.9 Å². The van der Waals surface area contributed by atoms with Gasteiger partial charge in [-0.05, 0) is 35.8 Å². The highest BCUT2D eigenvalue weighted by Gasteiger charge is 2.17. The van der Waals surface area contributed by atoms with E-state index in [0.717, 1.165) is 28.1 Å². The van der Waals surface area contributed by atoms with E-state index in [9.17, 15) is 0 Å². The van der Waals surface area contributed by atoms with Gasteiger partial charge >= 0.3 is 0 Å². The molecule has 0 aliphatic rings. The summed E-state index contributed by atoms with van der Waals surface area (Å²) in [5.74, 6) is 0.878. The van der Waals surface area contributed by atoms with E-state index in [4.69, 9.17) is 14.9 Å². The van der Waals surface area contributed by atoms with Crippen LogP contribution in [-0.2, 0) is 6.42 Å². The summed E-state index contributed by atoms with van der Waals surface area (Å²) in [5, 5.41) is 0. The fourth-order valence-corrected chi connectivity index (χ4v) is 2.70. The van der Waals surface area contributed by atoms with Gasteiger partial charge in [-0.3, -0.25) is 4.98 Å². The lowest BCUT2D eigenvalue weighted by molar-refractivity contribution is 0.406. The summed E-state index contributed by atoms with van der Waals surface area (Å²) in [6.07, 6.45) is 4.08. The number of aromatic nitrogens is 1. The fourth-order valence-electron chi connectivity index (χ4n) is 2.17. The Hall–Kier alpha value is -1.33. The Morgan fingerprint density at radius 2 is 2.21 bits per heavy atom. The Bertz CT molecular complexity index is 581. The standard InChI is InChI=1S/C14H17BrN2O2/c1-8-7-17-12(9(2)13(8)18-3)6-11(16)10-4-5-19-14(10)15/h4-5,7,11H,6,16H2,1-3H3. The minimum Gasteiger partial charge on any atom is -0.496 e. The lowest BCUT2D eigenvalue weighted by Crippen LogP contribution is -2.15. The number of methoxy groups -OCH3 is 1. The van der Waals surface area contributed by atoms with Crippen molar-refractivity contribution in [2.45, 2.75) is 26.3 Å². The van der Waals surface area contributed by atoms with E-state index in [1.54, 1.807) is 13.4 Å². The third-order valence-electron chi connectivity index (χ3n) is 3.21. The topological polar surface area (TPSA) is 61.3 Å². The minimum atomic E-state index is -0.160. The molecular weight excluding hydrogens is 308 g/mol. The van der Waals surface area contributed by atoms with Crippen molar-refractivity contribution in [3.63, 3.8) is 0 Å². The molecular formula is C14H17BrN2O2. The first-order valence-corrected chi connectivity index (χ1v) is 6.81. The quantitative estimate of drug-likeness (QED) is 0.937. The van der Waals surface area contributed by atoms with Crippen LogP contribution < -0.4 is 10.5 Å². The van der Waals surface area contributed by atoms with Crippen LogP contribution in [0.1, 0.15) is 28.4 Å². The number of hydrogen-bond acceptors (Lipinski definition) is 4. The van der Waals surface area contributed by atoms with Gasteiger partial charge in [0.2, 0.25) is 0 Å². The van der Waals surface area contributed by atoms with E-state index in [1.165, 1.54) is 0 Å². The van der Waals surface area contributed by atoms with Crippen molar-refractivity contribution in [1.29, 1.82) is 0 Å². The lowest BCUT2D eigenvalue weighted by Gasteiger charge is -2.15. The van der Waals surface area contributed by atoms with E-state index < -0.39 is 0 Å². The second-order valence-corrected chi connectivity index (χ2v) is 5.23. The largest absolute Gasteiger partial charge is 0.496 e. The van der Waals surface area contributed by atoms with Crippen molar-refractivity contribution in [2.75, 3.05) is 7.11 Å². The normalized spacial score (nSPS) is 12.5. The zero-order valence-corrected chi connectivity index (χ0v) is 12.8. The average molecular weight is 325 g/mol. The number of pyridine rings is 1. The molecule has 2 N–H and O–H groups in total. The Morgan fingerprint density at radius 1 is 1.47 bits per heavy atom. The van der Waals surface area contributed by atoms with Gasteiger partial charge in [-0.25, -0.2) is 0 Å². The van der Waals surface area contributed by atoms with Crippen LogP contribution in [0.4, 0.5) is 0 Å². The van der Waals surface area contributed by atoms with Gasteiger partial charge in [-0.2, -0.15) is 0 Å². The molecule has 0 aliphatic carbocycles. The molecule has 1 atom stereocenters. The molecule has 0 amide bonds. The molecule has 2 rings (SSSR count). The molecule has 0 fully saturated rings. The number of halogens is 1. The van der Waals surface area contributed by atoms with Crippen LogP contribution in [0.3, 0.4) is 0 Å². The first-order chi connectivity index (χ1) is 9.04. The summed E-state index contributed by atoms with van der Waals surface area (Å²) >= 11 is 3.35. The lowest BCUT2D eigenvalue weighted by atomic mass is 10.0. The molecule has 2 aromatic rings. The van der Waals surface area contributed by atoms with E-state index in [2.05, 4.69) is 20.9 Å². The Balaban J connectivity index is 2.27. The molecule has 0 saturated heterocycles. The summed E-state index contributed by atoms with van der Waals surface area (Å²) in [6, 6.07) is 1.71. The second-order valence-electron chi connectivity index (χ2n) is 4.51. The second kappa shape index (κ2) is 5.75. The Labute approximate surface area is 121 Å². The monoisotopic (exact) mass is 324 g/mol. The third-order valence-corrected chi connectivity index (χ3v) is 3.85. The van der Waals surface area contributed by atoms with E-state index in [1.807, 2.05) is 26.1 Å². The predicted molar refractivity (Wildman–Crippen MR) is 77.3 cm³/mol. The Kier molecular flexibility index (Phi) is 4.27. The van der Waals surface area contributed by atoms with Crippen molar-refractivity contribution < 1.29 is 9.15 Å². The highest BCUT2D eigenvalue weighted by Crippen LogP contribution is 2.29. The molecule has 2 aromatic heterocycles. The molecule has 0 spiro atoms. The maximum atomic E-state index is 6.20. The van der Waals surface area contributed by atoms with Crippen molar-refractivity contribution in [2.24, 2.45) is 5.73 Å². The summed E-state index contributed by atoms with van der Waals surface area (Å²) in [5.41, 5.74) is 10.2. The molecule has 5 heteroatoms. The van der Waals surface area contributed by atoms with Crippen LogP contribution in [0, 0.1) is 13.8 Å². The zero-order chi connectivity index (χ0) is 14.0. The number of furan rings is 1. The van der Waals surface area contributed by atoms with Crippen molar-refractivity contribution >= 4 is 15.9 Å². The maximum absolute atomic E-state index is 6.20. The fraction of sp³-hybridized carbons (Fsp3) is 0.357. The highest BCUT2D eigenvalue weighted by atomic mass is 79.9. The summed E-state index contributed by atoms with van der Waals surface area (Å²) in [7, 11) is 1.67. The van der Waals surface area contributed by atoms with Gasteiger partial charge in [0.25, 0.3) is 0 Å². The molecule has 0 radical (unpaired) electrons. The molecule has 19 heavy (non-hydrogen) atoms. The summed E-state index contributed by atoms with van der Waals surface area (Å²) in [4.78, 5) is 4.46. The first-order valence-electron chi connectivity index (χ1n) is 6.02. The van der Waals surface area contributed by atoms with Gasteiger partial charge in [-0.15, -0.1) is 0 Å². The van der Waals surface area contributed by atoms with Crippen LogP contribution in [0.25, 0.3) is 0 Å². The number of aryl methyl sites for hydroxylation is 1. The number of rotatable bonds is 4. The first kappa shape index (κ1) is 14.1. The van der Waals surface area contributed by atoms with Crippen LogP contribution in [-0.4, -0.2) is 12.1 Å². The zero-order valence-electron chi connectivity index (χ0n) is 11.2. The molecule has 102 valence electrons. The molecule has 0 aliphatic heterocycles. The SMILES string of the molecule is COc1c(C)cnc(CC(N)c2ccoc2Br)c1C. The average Bonchev–Trinajstić information content (AvgIpc) is 2.80. The number of nitrogens with zero attached hydrogens (tertiary/aromatic N) is 1. The van der Waals surface area contributed by atoms with Crippen molar-refractivity contribution in [1.82, 2.24) is 4.98 Å². The molecule has 0 bridgehead atoms. The number of hydrogen-bond donors (Lipinski definition) is 1. The number of ether oxygens (including phenoxy) is 1. The van der Waals surface area contributed by atoms with Crippen LogP contribution in [0.5, 0.6) is 5.75 Å². The van der Waals surface area contributed by atoms with Gasteiger partial charge in [-0.1, -0.05) is 0 Å². The van der Waals surface area contributed by atoms with Gasteiger partial charge in [0.1, 0.15) is 5.75 Å². The molecule has 2 heterocycles. The predicted octanol–water partition coefficient (Wildman–Crippen LogP) is 3.31. The van der Waals surface area contributed by atoms with Crippen LogP contribution in [0.15, 0.2) is 27.6 Å². The van der Waals surface area contributed by atoms with Crippen molar-refractivity contribution in [3.05, 3.63) is 45.6 Å². The molecule has 4 nitrogen and oxygen atoms in total. The smallest absolute Gasteiger partial charge is 0.173 e. The maximum Gasteiger partial charge on any atom is 0.173 e. The van der Waals surface area contributed by atoms with Crippen LogP contribution in [0.2, 0.25) is 0 Å². The van der Waals surface area contributed by atoms with E-state index in [0.29, 0.717) is 11.1 Å². The minimum absolute atomic E-state index is 0.160. The van der Waals surface area contributed by atoms with Gasteiger partial charge in [0, 0.05) is 41.0 Å². The van der Waals surface area contributed by atoms with Gasteiger partial charge in [0.15, 0.2) is 4.67 Å². The third kappa shape index (κ3) is 2.82. The highest BCUT2D eigenvalue weighted by molar-refractivity contribution is 9.10. The summed E-state index contributed by atoms with van der Waals surface area (Å²) < 4.78 is 11.3.